The summed E-state index contributed by atoms with van der Waals surface area (Å²) in [5.74, 6) is -0.171. The molecule has 0 saturated carbocycles. The van der Waals surface area contributed by atoms with Crippen molar-refractivity contribution in [3.8, 4) is 0 Å². The lowest BCUT2D eigenvalue weighted by Crippen LogP contribution is -2.46. The van der Waals surface area contributed by atoms with Gasteiger partial charge in [0.2, 0.25) is 0 Å². The van der Waals surface area contributed by atoms with E-state index >= 15 is 0 Å². The monoisotopic (exact) mass is 186 g/mol. The second-order valence-corrected chi connectivity index (χ2v) is 3.65. The molecule has 13 heavy (non-hydrogen) atoms. The van der Waals surface area contributed by atoms with Gasteiger partial charge in [0.05, 0.1) is 13.2 Å². The topological polar surface area (TPSA) is 50.4 Å². The molecule has 0 amide bonds. The van der Waals surface area contributed by atoms with Crippen molar-refractivity contribution >= 4 is 5.97 Å². The third kappa shape index (κ3) is 3.32. The number of nitrogens with one attached hydrogen (secondary N) is 2. The highest BCUT2D eigenvalue weighted by Gasteiger charge is 2.28. The van der Waals surface area contributed by atoms with Crippen molar-refractivity contribution in [2.24, 2.45) is 0 Å². The highest BCUT2D eigenvalue weighted by Crippen LogP contribution is 2.12. The van der Waals surface area contributed by atoms with Gasteiger partial charge in [-0.3, -0.25) is 4.79 Å². The molecule has 1 aliphatic heterocycles. The van der Waals surface area contributed by atoms with Gasteiger partial charge in [-0.15, -0.1) is 0 Å². The van der Waals surface area contributed by atoms with Crippen LogP contribution in [0.15, 0.2) is 0 Å². The number of hydrogen-bond donors (Lipinski definition) is 2. The fourth-order valence-corrected chi connectivity index (χ4v) is 1.47. The Balaban J connectivity index is 2.21. The highest BCUT2D eigenvalue weighted by atomic mass is 16.5. The Morgan fingerprint density at radius 3 is 3.00 bits per heavy atom. The molecule has 4 heteroatoms. The van der Waals surface area contributed by atoms with E-state index in [1.165, 1.54) is 0 Å². The lowest BCUT2D eigenvalue weighted by Gasteiger charge is -2.23. The number of rotatable bonds is 4. The molecule has 2 N–H and O–H groups in total. The zero-order chi connectivity index (χ0) is 9.73. The summed E-state index contributed by atoms with van der Waals surface area (Å²) in [6, 6.07) is 0. The molecule has 0 aromatic rings. The standard InChI is InChI=1S/C9H18N2O2/c1-3-13-8(12)6-11-9(2)4-5-10-7-9/h10-11H,3-7H2,1-2H3. The van der Waals surface area contributed by atoms with Crippen molar-refractivity contribution in [2.75, 3.05) is 26.2 Å². The van der Waals surface area contributed by atoms with Crippen molar-refractivity contribution in [1.29, 1.82) is 0 Å². The Bertz CT molecular complexity index is 176. The third-order valence-corrected chi connectivity index (χ3v) is 2.33. The molecule has 1 aliphatic rings. The normalized spacial score (nSPS) is 27.5. The molecule has 4 nitrogen and oxygen atoms in total. The van der Waals surface area contributed by atoms with Gasteiger partial charge in [-0.05, 0) is 26.8 Å². The number of carbonyl (C=O) groups is 1. The van der Waals surface area contributed by atoms with Crippen molar-refractivity contribution in [3.05, 3.63) is 0 Å². The van der Waals surface area contributed by atoms with Crippen molar-refractivity contribution in [1.82, 2.24) is 10.6 Å². The van der Waals surface area contributed by atoms with Gasteiger partial charge in [0.25, 0.3) is 0 Å². The minimum Gasteiger partial charge on any atom is -0.465 e. The van der Waals surface area contributed by atoms with Crippen LogP contribution >= 0.6 is 0 Å². The Morgan fingerprint density at radius 2 is 2.46 bits per heavy atom. The maximum absolute atomic E-state index is 11.0. The fraction of sp³-hybridized carbons (Fsp3) is 0.889. The van der Waals surface area contributed by atoms with Gasteiger partial charge in [-0.25, -0.2) is 0 Å². The average molecular weight is 186 g/mol. The summed E-state index contributed by atoms with van der Waals surface area (Å²) in [5.41, 5.74) is 0.0623. The maximum Gasteiger partial charge on any atom is 0.319 e. The molecule has 1 atom stereocenters. The number of ether oxygens (including phenoxy) is 1. The maximum atomic E-state index is 11.0. The molecule has 1 rings (SSSR count). The minimum absolute atomic E-state index is 0.0623. The second-order valence-electron chi connectivity index (χ2n) is 3.65. The van der Waals surface area contributed by atoms with Gasteiger partial charge in [-0.1, -0.05) is 0 Å². The first-order valence-corrected chi connectivity index (χ1v) is 4.78. The lowest BCUT2D eigenvalue weighted by molar-refractivity contribution is -0.142. The Kier molecular flexibility index (Phi) is 3.69. The zero-order valence-corrected chi connectivity index (χ0v) is 8.35. The molecule has 0 aromatic carbocycles. The summed E-state index contributed by atoms with van der Waals surface area (Å²) >= 11 is 0. The van der Waals surface area contributed by atoms with Crippen molar-refractivity contribution in [3.63, 3.8) is 0 Å². The summed E-state index contributed by atoms with van der Waals surface area (Å²) in [7, 11) is 0. The van der Waals surface area contributed by atoms with Gasteiger partial charge in [0, 0.05) is 12.1 Å². The van der Waals surface area contributed by atoms with Crippen LogP contribution in [0.4, 0.5) is 0 Å². The molecular weight excluding hydrogens is 168 g/mol. The van der Waals surface area contributed by atoms with E-state index < -0.39 is 0 Å². The van der Waals surface area contributed by atoms with Crippen LogP contribution in [0.25, 0.3) is 0 Å². The van der Waals surface area contributed by atoms with Crippen LogP contribution in [0.5, 0.6) is 0 Å². The van der Waals surface area contributed by atoms with Crippen LogP contribution in [-0.4, -0.2) is 37.7 Å². The Labute approximate surface area is 79.0 Å². The van der Waals surface area contributed by atoms with Crippen LogP contribution < -0.4 is 10.6 Å². The molecule has 0 aliphatic carbocycles. The summed E-state index contributed by atoms with van der Waals surface area (Å²) in [4.78, 5) is 11.0. The molecule has 1 heterocycles. The molecule has 0 radical (unpaired) electrons. The predicted molar refractivity (Wildman–Crippen MR) is 50.5 cm³/mol. The van der Waals surface area contributed by atoms with Gasteiger partial charge in [0.1, 0.15) is 0 Å². The summed E-state index contributed by atoms with van der Waals surface area (Å²) in [6.07, 6.45) is 1.06. The smallest absolute Gasteiger partial charge is 0.319 e. The number of esters is 1. The minimum atomic E-state index is -0.171. The molecule has 0 bridgehead atoms. The number of hydrogen-bond acceptors (Lipinski definition) is 4. The molecule has 0 aromatic heterocycles. The van der Waals surface area contributed by atoms with E-state index in [1.807, 2.05) is 6.92 Å². The van der Waals surface area contributed by atoms with Gasteiger partial charge in [0.15, 0.2) is 0 Å². The van der Waals surface area contributed by atoms with E-state index in [0.29, 0.717) is 13.2 Å². The molecular formula is C9H18N2O2. The van der Waals surface area contributed by atoms with Gasteiger partial charge < -0.3 is 15.4 Å². The molecule has 1 unspecified atom stereocenters. The fourth-order valence-electron chi connectivity index (χ4n) is 1.47. The van der Waals surface area contributed by atoms with Gasteiger partial charge in [-0.2, -0.15) is 0 Å². The van der Waals surface area contributed by atoms with Crippen LogP contribution in [0.3, 0.4) is 0 Å². The largest absolute Gasteiger partial charge is 0.465 e. The highest BCUT2D eigenvalue weighted by molar-refractivity contribution is 5.71. The quantitative estimate of drug-likeness (QED) is 0.602. The summed E-state index contributed by atoms with van der Waals surface area (Å²) in [5, 5.41) is 6.46. The number of carbonyl (C=O) groups excluding carboxylic acids is 1. The molecule has 1 saturated heterocycles. The van der Waals surface area contributed by atoms with E-state index in [9.17, 15) is 4.79 Å². The van der Waals surface area contributed by atoms with Crippen LogP contribution in [0.1, 0.15) is 20.3 Å². The van der Waals surface area contributed by atoms with E-state index in [1.54, 1.807) is 0 Å². The van der Waals surface area contributed by atoms with E-state index in [-0.39, 0.29) is 11.5 Å². The van der Waals surface area contributed by atoms with Crippen molar-refractivity contribution in [2.45, 2.75) is 25.8 Å². The van der Waals surface area contributed by atoms with Crippen LogP contribution in [0, 0.1) is 0 Å². The SMILES string of the molecule is CCOC(=O)CNC1(C)CCNC1. The predicted octanol–water partition coefficient (Wildman–Crippen LogP) is -0.109. The summed E-state index contributed by atoms with van der Waals surface area (Å²) < 4.78 is 4.82. The summed E-state index contributed by atoms with van der Waals surface area (Å²) in [6.45, 7) is 6.64. The van der Waals surface area contributed by atoms with E-state index in [4.69, 9.17) is 4.74 Å². The first kappa shape index (κ1) is 10.5. The van der Waals surface area contributed by atoms with Crippen LogP contribution in [0.2, 0.25) is 0 Å². The average Bonchev–Trinajstić information content (AvgIpc) is 2.51. The van der Waals surface area contributed by atoms with E-state index in [0.717, 1.165) is 19.5 Å². The third-order valence-electron chi connectivity index (χ3n) is 2.33. The Hall–Kier alpha value is -0.610. The van der Waals surface area contributed by atoms with Crippen molar-refractivity contribution < 1.29 is 9.53 Å². The van der Waals surface area contributed by atoms with Crippen LogP contribution in [-0.2, 0) is 9.53 Å². The Morgan fingerprint density at radius 1 is 1.69 bits per heavy atom. The second kappa shape index (κ2) is 4.58. The first-order chi connectivity index (χ1) is 6.16. The van der Waals surface area contributed by atoms with Gasteiger partial charge >= 0.3 is 5.97 Å². The zero-order valence-electron chi connectivity index (χ0n) is 8.35. The lowest BCUT2D eigenvalue weighted by atomic mass is 10.0. The molecule has 1 fully saturated rings. The first-order valence-electron chi connectivity index (χ1n) is 4.78. The van der Waals surface area contributed by atoms with E-state index in [2.05, 4.69) is 17.6 Å². The molecule has 76 valence electrons. The molecule has 0 spiro atoms.